The largest absolute Gasteiger partial charge is 0.423 e. The van der Waals surface area contributed by atoms with Crippen molar-refractivity contribution in [1.29, 1.82) is 0 Å². The van der Waals surface area contributed by atoms with E-state index in [2.05, 4.69) is 26.6 Å². The second-order valence-electron chi connectivity index (χ2n) is 6.41. The monoisotopic (exact) mass is 380 g/mol. The van der Waals surface area contributed by atoms with Crippen LogP contribution >= 0.6 is 0 Å². The van der Waals surface area contributed by atoms with Crippen molar-refractivity contribution in [3.05, 3.63) is 73.4 Å². The van der Waals surface area contributed by atoms with Gasteiger partial charge in [-0.05, 0) is 41.5 Å². The summed E-state index contributed by atoms with van der Waals surface area (Å²) < 4.78 is 5.34. The molecule has 0 aliphatic rings. The van der Waals surface area contributed by atoms with E-state index in [-0.39, 0.29) is 0 Å². The summed E-state index contributed by atoms with van der Waals surface area (Å²) in [4.78, 5) is 13.7. The SMILES string of the molecule is CNc1nc(-c2cccnc2)nc2cccc(-c3cccc(-c4nnco4)c3)c12. The van der Waals surface area contributed by atoms with Crippen molar-refractivity contribution in [2.24, 2.45) is 0 Å². The first-order valence-corrected chi connectivity index (χ1v) is 9.09. The van der Waals surface area contributed by atoms with E-state index in [0.717, 1.165) is 39.0 Å². The van der Waals surface area contributed by atoms with Crippen LogP contribution < -0.4 is 5.32 Å². The van der Waals surface area contributed by atoms with Crippen molar-refractivity contribution >= 4 is 16.7 Å². The Morgan fingerprint density at radius 2 is 1.76 bits per heavy atom. The summed E-state index contributed by atoms with van der Waals surface area (Å²) in [7, 11) is 1.86. The highest BCUT2D eigenvalue weighted by Crippen LogP contribution is 2.35. The van der Waals surface area contributed by atoms with Crippen molar-refractivity contribution in [2.45, 2.75) is 0 Å². The number of nitrogens with zero attached hydrogens (tertiary/aromatic N) is 5. The van der Waals surface area contributed by atoms with Crippen LogP contribution in [0, 0.1) is 0 Å². The minimum atomic E-state index is 0.482. The minimum absolute atomic E-state index is 0.482. The smallest absolute Gasteiger partial charge is 0.247 e. The van der Waals surface area contributed by atoms with Gasteiger partial charge in [0.25, 0.3) is 0 Å². The standard InChI is InChI=1S/C22H16N6O/c1-23-21-19-17(14-5-2-6-15(11-14)22-28-25-13-29-22)8-3-9-18(19)26-20(27-21)16-7-4-10-24-12-16/h2-13H,1H3,(H,23,26,27). The molecule has 0 atom stereocenters. The molecular weight excluding hydrogens is 364 g/mol. The lowest BCUT2D eigenvalue weighted by molar-refractivity contribution is 0.568. The predicted molar refractivity (Wildman–Crippen MR) is 111 cm³/mol. The quantitative estimate of drug-likeness (QED) is 0.492. The summed E-state index contributed by atoms with van der Waals surface area (Å²) >= 11 is 0. The van der Waals surface area contributed by atoms with Crippen molar-refractivity contribution in [3.63, 3.8) is 0 Å². The van der Waals surface area contributed by atoms with Gasteiger partial charge in [-0.15, -0.1) is 10.2 Å². The summed E-state index contributed by atoms with van der Waals surface area (Å²) in [5, 5.41) is 11.9. The number of anilines is 1. The van der Waals surface area contributed by atoms with Gasteiger partial charge >= 0.3 is 0 Å². The average molecular weight is 380 g/mol. The number of hydrogen-bond acceptors (Lipinski definition) is 7. The summed E-state index contributed by atoms with van der Waals surface area (Å²) in [6.45, 7) is 0. The topological polar surface area (TPSA) is 89.6 Å². The van der Waals surface area contributed by atoms with Gasteiger partial charge in [-0.3, -0.25) is 4.98 Å². The third kappa shape index (κ3) is 3.08. The molecule has 3 aromatic heterocycles. The highest BCUT2D eigenvalue weighted by atomic mass is 16.4. The molecule has 0 spiro atoms. The molecule has 3 heterocycles. The first-order chi connectivity index (χ1) is 14.3. The minimum Gasteiger partial charge on any atom is -0.423 e. The maximum absolute atomic E-state index is 5.34. The highest BCUT2D eigenvalue weighted by Gasteiger charge is 2.14. The maximum Gasteiger partial charge on any atom is 0.247 e. The maximum atomic E-state index is 5.34. The molecule has 7 heteroatoms. The molecular formula is C22H16N6O. The fourth-order valence-electron chi connectivity index (χ4n) is 3.35. The van der Waals surface area contributed by atoms with Gasteiger partial charge in [0.15, 0.2) is 5.82 Å². The number of aromatic nitrogens is 5. The summed E-state index contributed by atoms with van der Waals surface area (Å²) in [5.41, 5.74) is 4.61. The number of benzene rings is 2. The summed E-state index contributed by atoms with van der Waals surface area (Å²) in [6.07, 6.45) is 4.82. The Bertz CT molecular complexity index is 1290. The van der Waals surface area contributed by atoms with Gasteiger partial charge < -0.3 is 9.73 Å². The Balaban J connectivity index is 1.71. The number of rotatable bonds is 4. The van der Waals surface area contributed by atoms with Crippen LogP contribution in [-0.2, 0) is 0 Å². The molecule has 0 fully saturated rings. The van der Waals surface area contributed by atoms with Gasteiger partial charge in [-0.2, -0.15) is 0 Å². The van der Waals surface area contributed by atoms with Gasteiger partial charge in [0.2, 0.25) is 12.3 Å². The van der Waals surface area contributed by atoms with Gasteiger partial charge in [0.05, 0.1) is 10.9 Å². The molecule has 0 aliphatic heterocycles. The van der Waals surface area contributed by atoms with E-state index >= 15 is 0 Å². The fraction of sp³-hybridized carbons (Fsp3) is 0.0455. The van der Waals surface area contributed by atoms with Gasteiger partial charge in [-0.1, -0.05) is 24.3 Å². The number of fused-ring (bicyclic) bond motifs is 1. The molecule has 0 saturated carbocycles. The van der Waals surface area contributed by atoms with E-state index < -0.39 is 0 Å². The van der Waals surface area contributed by atoms with Crippen molar-refractivity contribution in [1.82, 2.24) is 25.1 Å². The highest BCUT2D eigenvalue weighted by molar-refractivity contribution is 6.02. The Morgan fingerprint density at radius 1 is 0.897 bits per heavy atom. The number of pyridine rings is 1. The van der Waals surface area contributed by atoms with Crippen LogP contribution in [0.3, 0.4) is 0 Å². The lowest BCUT2D eigenvalue weighted by Crippen LogP contribution is -2.00. The van der Waals surface area contributed by atoms with E-state index in [4.69, 9.17) is 14.4 Å². The number of hydrogen-bond donors (Lipinski definition) is 1. The van der Waals surface area contributed by atoms with Crippen LogP contribution in [0.25, 0.3) is 44.9 Å². The Labute approximate surface area is 166 Å². The Morgan fingerprint density at radius 3 is 2.55 bits per heavy atom. The van der Waals surface area contributed by atoms with Crippen LogP contribution in [0.5, 0.6) is 0 Å². The predicted octanol–water partition coefficient (Wildman–Crippen LogP) is 4.45. The molecule has 5 rings (SSSR count). The molecule has 1 N–H and O–H groups in total. The van der Waals surface area contributed by atoms with E-state index in [1.807, 2.05) is 55.6 Å². The molecule has 29 heavy (non-hydrogen) atoms. The fourth-order valence-corrected chi connectivity index (χ4v) is 3.35. The zero-order valence-electron chi connectivity index (χ0n) is 15.6. The average Bonchev–Trinajstić information content (AvgIpc) is 3.34. The molecule has 140 valence electrons. The van der Waals surface area contributed by atoms with E-state index in [0.29, 0.717) is 11.7 Å². The second kappa shape index (κ2) is 7.12. The van der Waals surface area contributed by atoms with Gasteiger partial charge in [0.1, 0.15) is 5.82 Å². The van der Waals surface area contributed by atoms with Crippen LogP contribution in [0.2, 0.25) is 0 Å². The van der Waals surface area contributed by atoms with Crippen LogP contribution in [0.4, 0.5) is 5.82 Å². The summed E-state index contributed by atoms with van der Waals surface area (Å²) in [5.74, 6) is 1.87. The Hall–Kier alpha value is -4.13. The van der Waals surface area contributed by atoms with Crippen molar-refractivity contribution in [2.75, 3.05) is 12.4 Å². The normalized spacial score (nSPS) is 10.9. The van der Waals surface area contributed by atoms with E-state index in [1.54, 1.807) is 12.4 Å². The molecule has 0 saturated heterocycles. The molecule has 0 radical (unpaired) electrons. The molecule has 7 nitrogen and oxygen atoms in total. The first kappa shape index (κ1) is 17.0. The molecule has 5 aromatic rings. The molecule has 2 aromatic carbocycles. The van der Waals surface area contributed by atoms with E-state index in [1.165, 1.54) is 6.39 Å². The van der Waals surface area contributed by atoms with Crippen LogP contribution in [0.15, 0.2) is 77.8 Å². The third-order valence-corrected chi connectivity index (χ3v) is 4.66. The Kier molecular flexibility index (Phi) is 4.18. The molecule has 0 unspecified atom stereocenters. The zero-order chi connectivity index (χ0) is 19.6. The van der Waals surface area contributed by atoms with E-state index in [9.17, 15) is 0 Å². The van der Waals surface area contributed by atoms with Crippen molar-refractivity contribution in [3.8, 4) is 34.0 Å². The van der Waals surface area contributed by atoms with Gasteiger partial charge in [0, 0.05) is 30.6 Å². The lowest BCUT2D eigenvalue weighted by Gasteiger charge is -2.13. The molecule has 0 amide bonds. The summed E-state index contributed by atoms with van der Waals surface area (Å²) in [6, 6.07) is 17.9. The zero-order valence-corrected chi connectivity index (χ0v) is 15.6. The van der Waals surface area contributed by atoms with Crippen molar-refractivity contribution < 1.29 is 4.42 Å². The molecule has 0 aliphatic carbocycles. The number of nitrogens with one attached hydrogen (secondary N) is 1. The third-order valence-electron chi connectivity index (χ3n) is 4.66. The van der Waals surface area contributed by atoms with Gasteiger partial charge in [-0.25, -0.2) is 9.97 Å². The second-order valence-corrected chi connectivity index (χ2v) is 6.41. The van der Waals surface area contributed by atoms with Crippen LogP contribution in [0.1, 0.15) is 0 Å². The first-order valence-electron chi connectivity index (χ1n) is 9.09. The lowest BCUT2D eigenvalue weighted by atomic mass is 9.98. The molecule has 0 bridgehead atoms. The van der Waals surface area contributed by atoms with Crippen LogP contribution in [-0.4, -0.2) is 32.2 Å².